The molecule has 0 aliphatic carbocycles. The summed E-state index contributed by atoms with van der Waals surface area (Å²) in [7, 11) is 0. The molecule has 1 aliphatic rings. The third kappa shape index (κ3) is 4.12. The first-order valence-corrected chi connectivity index (χ1v) is 9.24. The van der Waals surface area contributed by atoms with Crippen LogP contribution in [0.3, 0.4) is 0 Å². The Kier molecular flexibility index (Phi) is 6.77. The molecule has 1 saturated heterocycles. The van der Waals surface area contributed by atoms with Crippen LogP contribution in [0.2, 0.25) is 0 Å². The summed E-state index contributed by atoms with van der Waals surface area (Å²) in [6.07, 6.45) is 1.34. The van der Waals surface area contributed by atoms with Crippen LogP contribution in [0.5, 0.6) is 0 Å². The van der Waals surface area contributed by atoms with E-state index in [1.807, 2.05) is 81.4 Å². The van der Waals surface area contributed by atoms with E-state index in [4.69, 9.17) is 9.47 Å². The lowest BCUT2D eigenvalue weighted by Gasteiger charge is -2.35. The fraction of sp³-hybridized carbons (Fsp3) is 0.455. The zero-order chi connectivity index (χ0) is 18.3. The van der Waals surface area contributed by atoms with Crippen LogP contribution in [0, 0.1) is 0 Å². The molecule has 1 aliphatic heterocycles. The van der Waals surface area contributed by atoms with E-state index in [1.165, 1.54) is 0 Å². The molecule has 0 amide bonds. The lowest BCUT2D eigenvalue weighted by atomic mass is 9.82. The Labute approximate surface area is 151 Å². The van der Waals surface area contributed by atoms with Gasteiger partial charge in [0.05, 0.1) is 6.61 Å². The van der Waals surface area contributed by atoms with Crippen molar-refractivity contribution in [2.24, 2.45) is 0 Å². The molecule has 0 aromatic heterocycles. The zero-order valence-corrected chi connectivity index (χ0v) is 15.7. The quantitative estimate of drug-likeness (QED) is 0.841. The number of benzene rings is 2. The number of hydrogen-bond donors (Lipinski definition) is 1. The third-order valence-electron chi connectivity index (χ3n) is 4.53. The fourth-order valence-electron chi connectivity index (χ4n) is 3.33. The maximum atomic E-state index is 11.6. The van der Waals surface area contributed by atoms with Crippen LogP contribution in [0.25, 0.3) is 0 Å². The summed E-state index contributed by atoms with van der Waals surface area (Å²) in [5, 5.41) is 11.6. The predicted octanol–water partition coefficient (Wildman–Crippen LogP) is 4.88. The highest BCUT2D eigenvalue weighted by atomic mass is 16.7. The van der Waals surface area contributed by atoms with Crippen molar-refractivity contribution < 1.29 is 14.6 Å². The number of rotatable bonds is 5. The Morgan fingerprint density at radius 2 is 1.48 bits per heavy atom. The first kappa shape index (κ1) is 19.6. The van der Waals surface area contributed by atoms with Gasteiger partial charge in [-0.2, -0.15) is 0 Å². The number of hydrogen-bond acceptors (Lipinski definition) is 3. The second kappa shape index (κ2) is 8.61. The van der Waals surface area contributed by atoms with Gasteiger partial charge in [0.25, 0.3) is 0 Å². The van der Waals surface area contributed by atoms with Crippen molar-refractivity contribution in [2.75, 3.05) is 6.61 Å². The highest BCUT2D eigenvalue weighted by Gasteiger charge is 2.49. The van der Waals surface area contributed by atoms with Crippen LogP contribution in [0.4, 0.5) is 0 Å². The Morgan fingerprint density at radius 3 is 1.92 bits per heavy atom. The van der Waals surface area contributed by atoms with Gasteiger partial charge < -0.3 is 14.6 Å². The second-order valence-corrected chi connectivity index (χ2v) is 6.30. The molecule has 3 rings (SSSR count). The molecular weight excluding hydrogens is 312 g/mol. The van der Waals surface area contributed by atoms with Crippen molar-refractivity contribution in [1.29, 1.82) is 0 Å². The van der Waals surface area contributed by atoms with Gasteiger partial charge in [0.1, 0.15) is 11.7 Å². The molecule has 2 atom stereocenters. The third-order valence-corrected chi connectivity index (χ3v) is 4.53. The van der Waals surface area contributed by atoms with E-state index in [0.717, 1.165) is 24.0 Å². The summed E-state index contributed by atoms with van der Waals surface area (Å²) >= 11 is 0. The topological polar surface area (TPSA) is 38.7 Å². The Morgan fingerprint density at radius 1 is 1.00 bits per heavy atom. The van der Waals surface area contributed by atoms with Gasteiger partial charge in [0.15, 0.2) is 5.79 Å². The summed E-state index contributed by atoms with van der Waals surface area (Å²) in [6.45, 7) is 8.43. The highest BCUT2D eigenvalue weighted by molar-refractivity contribution is 5.38. The van der Waals surface area contributed by atoms with Gasteiger partial charge in [0.2, 0.25) is 0 Å². The maximum absolute atomic E-state index is 11.6. The van der Waals surface area contributed by atoms with E-state index >= 15 is 0 Å². The molecule has 1 heterocycles. The minimum atomic E-state index is -1.23. The molecule has 3 nitrogen and oxygen atoms in total. The Hall–Kier alpha value is -1.68. The van der Waals surface area contributed by atoms with Crippen molar-refractivity contribution in [2.45, 2.75) is 58.0 Å². The molecule has 1 N–H and O–H groups in total. The largest absolute Gasteiger partial charge is 0.378 e. The first-order valence-electron chi connectivity index (χ1n) is 9.24. The molecule has 2 unspecified atom stereocenters. The van der Waals surface area contributed by atoms with E-state index < -0.39 is 17.5 Å². The lowest BCUT2D eigenvalue weighted by Crippen LogP contribution is -2.43. The van der Waals surface area contributed by atoms with Gasteiger partial charge in [-0.15, -0.1) is 0 Å². The molecule has 136 valence electrons. The standard InChI is InChI=1S/C20H24O3.C2H6/c1-3-14-19(2)22-15-18(23-19)20(21,16-10-6-4-7-11-16)17-12-8-5-9-13-17;1-2/h4-13,18,21H,3,14-15H2,1-2H3;1-2H3. The van der Waals surface area contributed by atoms with Gasteiger partial charge in [-0.05, 0) is 18.1 Å². The average molecular weight is 342 g/mol. The van der Waals surface area contributed by atoms with Crippen molar-refractivity contribution >= 4 is 0 Å². The molecule has 0 saturated carbocycles. The summed E-state index contributed by atoms with van der Waals surface area (Å²) in [5.74, 6) is -0.628. The first-order chi connectivity index (χ1) is 12.1. The molecule has 1 fully saturated rings. The minimum absolute atomic E-state index is 0.372. The molecule has 0 radical (unpaired) electrons. The SMILES string of the molecule is CC.CCCC1(C)OCC(C(O)(c2ccccc2)c2ccccc2)O1. The van der Waals surface area contributed by atoms with Gasteiger partial charge in [-0.3, -0.25) is 0 Å². The number of ether oxygens (including phenoxy) is 2. The Balaban J connectivity index is 0.00000109. The van der Waals surface area contributed by atoms with Crippen LogP contribution >= 0.6 is 0 Å². The van der Waals surface area contributed by atoms with Gasteiger partial charge in [-0.1, -0.05) is 87.9 Å². The molecule has 0 bridgehead atoms. The summed E-state index contributed by atoms with van der Waals surface area (Å²) < 4.78 is 12.1. The van der Waals surface area contributed by atoms with E-state index in [2.05, 4.69) is 6.92 Å². The average Bonchev–Trinajstić information content (AvgIpc) is 3.07. The second-order valence-electron chi connectivity index (χ2n) is 6.30. The molecule has 3 heteroatoms. The van der Waals surface area contributed by atoms with Crippen LogP contribution in [-0.4, -0.2) is 23.6 Å². The fourth-order valence-corrected chi connectivity index (χ4v) is 3.33. The van der Waals surface area contributed by atoms with E-state index in [-0.39, 0.29) is 0 Å². The van der Waals surface area contributed by atoms with Crippen LogP contribution < -0.4 is 0 Å². The van der Waals surface area contributed by atoms with Crippen LogP contribution in [-0.2, 0) is 15.1 Å². The minimum Gasteiger partial charge on any atom is -0.378 e. The van der Waals surface area contributed by atoms with Crippen molar-refractivity contribution in [3.8, 4) is 0 Å². The monoisotopic (exact) mass is 342 g/mol. The van der Waals surface area contributed by atoms with Gasteiger partial charge >= 0.3 is 0 Å². The maximum Gasteiger partial charge on any atom is 0.166 e. The molecule has 2 aromatic carbocycles. The van der Waals surface area contributed by atoms with E-state index in [9.17, 15) is 5.11 Å². The van der Waals surface area contributed by atoms with Gasteiger partial charge in [0, 0.05) is 6.42 Å². The zero-order valence-electron chi connectivity index (χ0n) is 15.7. The normalized spacial score (nSPS) is 23.0. The lowest BCUT2D eigenvalue weighted by molar-refractivity contribution is -0.180. The van der Waals surface area contributed by atoms with Crippen LogP contribution in [0.15, 0.2) is 60.7 Å². The summed E-state index contributed by atoms with van der Waals surface area (Å²) in [5.41, 5.74) is 0.412. The van der Waals surface area contributed by atoms with Gasteiger partial charge in [-0.25, -0.2) is 0 Å². The predicted molar refractivity (Wildman–Crippen MR) is 101 cm³/mol. The van der Waals surface area contributed by atoms with E-state index in [1.54, 1.807) is 0 Å². The van der Waals surface area contributed by atoms with Crippen molar-refractivity contribution in [3.05, 3.63) is 71.8 Å². The molecule has 0 spiro atoms. The Bertz CT molecular complexity index is 587. The molecule has 2 aromatic rings. The van der Waals surface area contributed by atoms with E-state index in [0.29, 0.717) is 6.61 Å². The number of aliphatic hydroxyl groups is 1. The smallest absolute Gasteiger partial charge is 0.166 e. The molecular formula is C22H30O3. The van der Waals surface area contributed by atoms with Crippen molar-refractivity contribution in [1.82, 2.24) is 0 Å². The summed E-state index contributed by atoms with van der Waals surface area (Å²) in [6, 6.07) is 19.4. The highest BCUT2D eigenvalue weighted by Crippen LogP contribution is 2.41. The van der Waals surface area contributed by atoms with Crippen molar-refractivity contribution in [3.63, 3.8) is 0 Å². The van der Waals surface area contributed by atoms with Crippen LogP contribution in [0.1, 0.15) is 51.7 Å². The summed E-state index contributed by atoms with van der Waals surface area (Å²) in [4.78, 5) is 0. The molecule has 25 heavy (non-hydrogen) atoms.